The lowest BCUT2D eigenvalue weighted by molar-refractivity contribution is 0.0732. The van der Waals surface area contributed by atoms with Crippen LogP contribution in [0.1, 0.15) is 50.1 Å². The van der Waals surface area contributed by atoms with Crippen LogP contribution in [0.3, 0.4) is 0 Å². The van der Waals surface area contributed by atoms with Gasteiger partial charge in [0.1, 0.15) is 5.39 Å². The molecule has 1 aromatic carbocycles. The van der Waals surface area contributed by atoms with Gasteiger partial charge < -0.3 is 15.0 Å². The second-order valence-electron chi connectivity index (χ2n) is 9.92. The lowest BCUT2D eigenvalue weighted by atomic mass is 9.85. The number of H-pyrrole nitrogens is 1. The van der Waals surface area contributed by atoms with E-state index in [4.69, 9.17) is 9.84 Å². The van der Waals surface area contributed by atoms with Gasteiger partial charge in [-0.2, -0.15) is 21.0 Å². The normalized spacial score (nSPS) is 25.7. The Hall–Kier alpha value is -2.84. The van der Waals surface area contributed by atoms with E-state index in [1.165, 1.54) is 0 Å². The monoisotopic (exact) mass is 495 g/mol. The summed E-state index contributed by atoms with van der Waals surface area (Å²) in [6.07, 6.45) is 7.19. The molecular formula is C25H29N5O4S. The molecule has 6 rings (SSSR count). The molecule has 1 aliphatic carbocycles. The molecule has 2 aromatic heterocycles. The summed E-state index contributed by atoms with van der Waals surface area (Å²) in [7, 11) is -2.93. The highest BCUT2D eigenvalue weighted by Gasteiger charge is 2.51. The maximum Gasteiger partial charge on any atom is 0.261 e. The predicted octanol–water partition coefficient (Wildman–Crippen LogP) is 4.94. The topological polar surface area (TPSA) is 136 Å². The number of aromatic amines is 1. The van der Waals surface area contributed by atoms with Gasteiger partial charge in [0.25, 0.3) is 5.56 Å². The van der Waals surface area contributed by atoms with Gasteiger partial charge in [0.05, 0.1) is 33.2 Å². The van der Waals surface area contributed by atoms with Gasteiger partial charge in [-0.25, -0.2) is 0 Å². The minimum atomic E-state index is -2.93. The van der Waals surface area contributed by atoms with E-state index in [0.717, 1.165) is 36.9 Å². The number of nitrogens with zero attached hydrogens (tertiary/aromatic N) is 3. The molecule has 9 nitrogen and oxygen atoms in total. The molecular weight excluding hydrogens is 466 g/mol. The number of fused-ring (bicyclic) bond motifs is 2. The fraction of sp³-hybridized carbons (Fsp3) is 0.480. The first-order chi connectivity index (χ1) is 16.9. The molecule has 0 radical (unpaired) electrons. The summed E-state index contributed by atoms with van der Waals surface area (Å²) in [6, 6.07) is 9.73. The number of nitrogens with one attached hydrogen (secondary N) is 2. The molecule has 0 amide bonds. The fourth-order valence-corrected chi connectivity index (χ4v) is 8.40. The number of aromatic nitrogens is 3. The molecule has 2 atom stereocenters. The highest BCUT2D eigenvalue weighted by Crippen LogP contribution is 2.69. The molecule has 4 heterocycles. The van der Waals surface area contributed by atoms with Crippen molar-refractivity contribution in [3.05, 3.63) is 46.4 Å². The zero-order valence-electron chi connectivity index (χ0n) is 19.4. The summed E-state index contributed by atoms with van der Waals surface area (Å²) in [4.78, 5) is 16.2. The van der Waals surface area contributed by atoms with Crippen LogP contribution in [0.25, 0.3) is 10.9 Å². The zero-order valence-corrected chi connectivity index (χ0v) is 20.2. The summed E-state index contributed by atoms with van der Waals surface area (Å²) in [5.41, 5.74) is 2.11. The van der Waals surface area contributed by atoms with E-state index < -0.39 is 15.3 Å². The summed E-state index contributed by atoms with van der Waals surface area (Å²) in [6.45, 7) is 1.07. The molecule has 1 saturated carbocycles. The summed E-state index contributed by atoms with van der Waals surface area (Å²) < 4.78 is 29.1. The van der Waals surface area contributed by atoms with Crippen LogP contribution in [0.5, 0.6) is 0 Å². The number of ether oxygens (including phenoxy) is 1. The Morgan fingerprint density at radius 3 is 2.83 bits per heavy atom. The Bertz CT molecular complexity index is 1380. The second-order valence-corrected chi connectivity index (χ2v) is 12.3. The van der Waals surface area contributed by atoms with Crippen molar-refractivity contribution < 1.29 is 13.8 Å². The van der Waals surface area contributed by atoms with E-state index >= 15 is 0 Å². The van der Waals surface area contributed by atoms with Crippen molar-refractivity contribution in [2.75, 3.05) is 18.5 Å². The SMILES string of the molecule is N#CC1CCCCC1n1nc(Nc2ccc3c(c2)CC2(CCOCC2)S3(O)O)c2c(=O)[nH]ccc21. The number of rotatable bonds is 3. The van der Waals surface area contributed by atoms with E-state index in [9.17, 15) is 19.2 Å². The van der Waals surface area contributed by atoms with Gasteiger partial charge in [-0.15, -0.1) is 0 Å². The van der Waals surface area contributed by atoms with Crippen molar-refractivity contribution in [3.63, 3.8) is 0 Å². The second kappa shape index (κ2) is 8.38. The first-order valence-corrected chi connectivity index (χ1v) is 13.7. The lowest BCUT2D eigenvalue weighted by Crippen LogP contribution is -2.39. The van der Waals surface area contributed by atoms with Crippen LogP contribution >= 0.6 is 10.6 Å². The third-order valence-electron chi connectivity index (χ3n) is 7.99. The molecule has 1 spiro atoms. The predicted molar refractivity (Wildman–Crippen MR) is 134 cm³/mol. The maximum absolute atomic E-state index is 12.8. The van der Waals surface area contributed by atoms with Crippen molar-refractivity contribution in [2.24, 2.45) is 5.92 Å². The van der Waals surface area contributed by atoms with Crippen LogP contribution in [0.15, 0.2) is 40.2 Å². The molecule has 1 saturated heterocycles. The standard InChI is InChI=1S/C25H29N5O4S/c26-15-16-3-1-2-4-19(16)30-20-7-10-27-24(31)22(20)23(29-30)28-18-5-6-21-17(13-18)14-25(35(21,32)33)8-11-34-12-9-25/h5-7,10,13,16,19,32-33H,1-4,8-9,11-12,14H2,(H,27,31)(H,28,29). The Morgan fingerprint density at radius 1 is 1.23 bits per heavy atom. The number of nitriles is 1. The first kappa shape index (κ1) is 22.6. The molecule has 3 aromatic rings. The molecule has 2 aliphatic heterocycles. The summed E-state index contributed by atoms with van der Waals surface area (Å²) in [5, 5.41) is 18.3. The molecule has 2 unspecified atom stereocenters. The van der Waals surface area contributed by atoms with Crippen molar-refractivity contribution >= 4 is 33.0 Å². The van der Waals surface area contributed by atoms with E-state index in [0.29, 0.717) is 54.1 Å². The summed E-state index contributed by atoms with van der Waals surface area (Å²) in [5.74, 6) is 0.300. The lowest BCUT2D eigenvalue weighted by Gasteiger charge is -2.48. The average molecular weight is 496 g/mol. The molecule has 4 N–H and O–H groups in total. The third kappa shape index (κ3) is 3.49. The van der Waals surface area contributed by atoms with Gasteiger partial charge in [-0.3, -0.25) is 18.6 Å². The number of anilines is 2. The van der Waals surface area contributed by atoms with Gasteiger partial charge in [0.15, 0.2) is 5.82 Å². The minimum absolute atomic E-state index is 0.0741. The van der Waals surface area contributed by atoms with Gasteiger partial charge in [0.2, 0.25) is 0 Å². The molecule has 2 fully saturated rings. The quantitative estimate of drug-likeness (QED) is 0.404. The highest BCUT2D eigenvalue weighted by molar-refractivity contribution is 8.25. The van der Waals surface area contributed by atoms with Crippen molar-refractivity contribution in [3.8, 4) is 6.07 Å². The Kier molecular flexibility index (Phi) is 5.41. The van der Waals surface area contributed by atoms with Crippen molar-refractivity contribution in [1.82, 2.24) is 14.8 Å². The molecule has 184 valence electrons. The van der Waals surface area contributed by atoms with Crippen LogP contribution in [-0.2, 0) is 11.2 Å². The number of hydrogen-bond donors (Lipinski definition) is 4. The first-order valence-electron chi connectivity index (χ1n) is 12.2. The maximum atomic E-state index is 12.8. The third-order valence-corrected chi connectivity index (χ3v) is 10.8. The Morgan fingerprint density at radius 2 is 2.03 bits per heavy atom. The molecule has 0 bridgehead atoms. The van der Waals surface area contributed by atoms with Crippen LogP contribution in [-0.4, -0.2) is 41.8 Å². The van der Waals surface area contributed by atoms with E-state index in [1.807, 2.05) is 22.9 Å². The van der Waals surface area contributed by atoms with Crippen molar-refractivity contribution in [2.45, 2.75) is 60.6 Å². The summed E-state index contributed by atoms with van der Waals surface area (Å²) >= 11 is 0. The van der Waals surface area contributed by atoms with Gasteiger partial charge in [-0.1, -0.05) is 12.8 Å². The molecule has 35 heavy (non-hydrogen) atoms. The highest BCUT2D eigenvalue weighted by atomic mass is 32.3. The fourth-order valence-electron chi connectivity index (χ4n) is 6.09. The number of pyridine rings is 1. The van der Waals surface area contributed by atoms with Gasteiger partial charge in [0, 0.05) is 25.1 Å². The van der Waals surface area contributed by atoms with Crippen LogP contribution in [0, 0.1) is 17.2 Å². The number of hydrogen-bond acceptors (Lipinski definition) is 7. The van der Waals surface area contributed by atoms with Crippen LogP contribution in [0.2, 0.25) is 0 Å². The largest absolute Gasteiger partial charge is 0.381 e. The van der Waals surface area contributed by atoms with Gasteiger partial charge >= 0.3 is 0 Å². The van der Waals surface area contributed by atoms with Crippen LogP contribution < -0.4 is 10.9 Å². The van der Waals surface area contributed by atoms with Crippen LogP contribution in [0.4, 0.5) is 11.5 Å². The van der Waals surface area contributed by atoms with E-state index in [-0.39, 0.29) is 17.5 Å². The zero-order chi connectivity index (χ0) is 24.2. The minimum Gasteiger partial charge on any atom is -0.381 e. The van der Waals surface area contributed by atoms with Gasteiger partial charge in [-0.05, 0) is 61.9 Å². The average Bonchev–Trinajstić information content (AvgIpc) is 3.32. The Balaban J connectivity index is 1.38. The smallest absolute Gasteiger partial charge is 0.261 e. The number of benzene rings is 1. The molecule has 3 aliphatic rings. The van der Waals surface area contributed by atoms with E-state index in [2.05, 4.69) is 16.4 Å². The Labute approximate surface area is 204 Å². The van der Waals surface area contributed by atoms with E-state index in [1.54, 1.807) is 12.3 Å². The van der Waals surface area contributed by atoms with Crippen molar-refractivity contribution in [1.29, 1.82) is 5.26 Å². The molecule has 10 heteroatoms.